The average Bonchev–Trinajstić information content (AvgIpc) is 2.63. The molecule has 2 bridgehead atoms. The number of rotatable bonds is 0. The van der Waals surface area contributed by atoms with Crippen molar-refractivity contribution < 1.29 is 24.0 Å². The summed E-state index contributed by atoms with van der Waals surface area (Å²) in [5.41, 5.74) is -0.610. The summed E-state index contributed by atoms with van der Waals surface area (Å²) in [6.45, 7) is 6.06. The molecular weight excluding hydrogens is 260 g/mol. The van der Waals surface area contributed by atoms with Crippen molar-refractivity contribution in [2.24, 2.45) is 23.7 Å². The number of carbonyl (C=O) groups is 1. The summed E-state index contributed by atoms with van der Waals surface area (Å²) in [7, 11) is 0. The second-order valence-corrected chi connectivity index (χ2v) is 7.14. The van der Waals surface area contributed by atoms with Crippen molar-refractivity contribution in [1.82, 2.24) is 0 Å². The van der Waals surface area contributed by atoms with Gasteiger partial charge in [0, 0.05) is 18.3 Å². The number of ether oxygens (including phenoxy) is 2. The molecular formula is C15H22O5. The van der Waals surface area contributed by atoms with E-state index < -0.39 is 17.7 Å². The van der Waals surface area contributed by atoms with Crippen LogP contribution in [0.25, 0.3) is 0 Å². The van der Waals surface area contributed by atoms with Gasteiger partial charge in [-0.3, -0.25) is 4.79 Å². The van der Waals surface area contributed by atoms with Gasteiger partial charge in [-0.05, 0) is 32.1 Å². The van der Waals surface area contributed by atoms with Crippen molar-refractivity contribution in [3.63, 3.8) is 0 Å². The minimum Gasteiger partial charge on any atom is -0.432 e. The highest BCUT2D eigenvalue weighted by Gasteiger charge is 2.69. The van der Waals surface area contributed by atoms with Crippen LogP contribution in [0, 0.1) is 23.7 Å². The van der Waals surface area contributed by atoms with E-state index in [4.69, 9.17) is 19.2 Å². The first-order chi connectivity index (χ1) is 9.46. The number of hydrogen-bond acceptors (Lipinski definition) is 5. The lowest BCUT2D eigenvalue weighted by Crippen LogP contribution is -2.69. The molecule has 4 aliphatic heterocycles. The van der Waals surface area contributed by atoms with Crippen molar-refractivity contribution in [2.75, 3.05) is 0 Å². The molecule has 112 valence electrons. The lowest BCUT2D eigenvalue weighted by atomic mass is 9.58. The number of hydrogen-bond donors (Lipinski definition) is 0. The maximum atomic E-state index is 12.1. The Morgan fingerprint density at radius 1 is 1.10 bits per heavy atom. The van der Waals surface area contributed by atoms with E-state index in [1.165, 1.54) is 0 Å². The molecule has 1 saturated carbocycles. The minimum atomic E-state index is -0.793. The third-order valence-electron chi connectivity index (χ3n) is 5.97. The van der Waals surface area contributed by atoms with E-state index in [1.54, 1.807) is 0 Å². The molecule has 0 unspecified atom stereocenters. The van der Waals surface area contributed by atoms with Gasteiger partial charge in [0.25, 0.3) is 0 Å². The Hall–Kier alpha value is -0.650. The van der Waals surface area contributed by atoms with Gasteiger partial charge >= 0.3 is 5.97 Å². The van der Waals surface area contributed by atoms with Crippen molar-refractivity contribution in [3.8, 4) is 0 Å². The van der Waals surface area contributed by atoms with Gasteiger partial charge in [0.05, 0.1) is 5.92 Å². The van der Waals surface area contributed by atoms with Crippen molar-refractivity contribution >= 4 is 5.97 Å². The van der Waals surface area contributed by atoms with E-state index in [0.717, 1.165) is 25.7 Å². The lowest BCUT2D eigenvalue weighted by Gasteiger charge is -2.57. The van der Waals surface area contributed by atoms with Gasteiger partial charge in [-0.15, -0.1) is 0 Å². The highest BCUT2D eigenvalue weighted by atomic mass is 17.3. The van der Waals surface area contributed by atoms with E-state index in [0.29, 0.717) is 11.8 Å². The zero-order chi connectivity index (χ0) is 14.1. The Morgan fingerprint density at radius 2 is 1.90 bits per heavy atom. The smallest absolute Gasteiger partial charge is 0.311 e. The van der Waals surface area contributed by atoms with E-state index in [-0.39, 0.29) is 17.8 Å². The summed E-state index contributed by atoms with van der Waals surface area (Å²) in [6, 6.07) is 0. The molecule has 5 rings (SSSR count). The van der Waals surface area contributed by atoms with Crippen molar-refractivity contribution in [3.05, 3.63) is 0 Å². The van der Waals surface area contributed by atoms with Crippen LogP contribution >= 0.6 is 0 Å². The Bertz CT molecular complexity index is 452. The first-order valence-corrected chi connectivity index (χ1v) is 7.71. The highest BCUT2D eigenvalue weighted by Crippen LogP contribution is 2.59. The zero-order valence-corrected chi connectivity index (χ0v) is 12.3. The molecule has 0 aromatic rings. The third-order valence-corrected chi connectivity index (χ3v) is 5.97. The van der Waals surface area contributed by atoms with Gasteiger partial charge in [0.1, 0.15) is 0 Å². The quantitative estimate of drug-likeness (QED) is 0.504. The molecule has 0 radical (unpaired) electrons. The van der Waals surface area contributed by atoms with Crippen molar-refractivity contribution in [1.29, 1.82) is 0 Å². The van der Waals surface area contributed by atoms with Crippen LogP contribution in [0.4, 0.5) is 0 Å². The molecule has 0 aromatic carbocycles. The van der Waals surface area contributed by atoms with Crippen LogP contribution in [0.2, 0.25) is 0 Å². The topological polar surface area (TPSA) is 54.0 Å². The monoisotopic (exact) mass is 282 g/mol. The fraction of sp³-hybridized carbons (Fsp3) is 0.933. The molecule has 7 atom stereocenters. The van der Waals surface area contributed by atoms with Gasteiger partial charge in [-0.25, -0.2) is 9.78 Å². The fourth-order valence-electron chi connectivity index (χ4n) is 4.76. The fourth-order valence-corrected chi connectivity index (χ4v) is 4.76. The van der Waals surface area contributed by atoms with Gasteiger partial charge in [-0.1, -0.05) is 13.8 Å². The van der Waals surface area contributed by atoms with Crippen LogP contribution in [0.15, 0.2) is 0 Å². The first-order valence-electron chi connectivity index (χ1n) is 7.71. The second-order valence-electron chi connectivity index (χ2n) is 7.14. The van der Waals surface area contributed by atoms with Crippen molar-refractivity contribution in [2.45, 2.75) is 64.1 Å². The van der Waals surface area contributed by atoms with Crippen LogP contribution in [0.3, 0.4) is 0 Å². The normalized spacial score (nSPS) is 57.8. The molecule has 1 spiro atoms. The number of carbonyl (C=O) groups excluding carboxylic acids is 1. The molecule has 0 amide bonds. The lowest BCUT2D eigenvalue weighted by molar-refractivity contribution is -0.559. The van der Waals surface area contributed by atoms with E-state index in [1.807, 2.05) is 13.8 Å². The molecule has 5 aliphatic rings. The number of esters is 1. The Labute approximate surface area is 118 Å². The predicted molar refractivity (Wildman–Crippen MR) is 68.0 cm³/mol. The summed E-state index contributed by atoms with van der Waals surface area (Å²) in [5, 5.41) is 0. The van der Waals surface area contributed by atoms with E-state index in [9.17, 15) is 4.79 Å². The standard InChI is InChI=1S/C15H22O5/c1-8-4-5-11-9(2)12(16)17-13-15(11)10(8)6-7-14(3,18-13)19-20-15/h8-11,13H,4-7H2,1-3H3/t8-,9+,10+,11-,13+,14-,15-/m1/s1. The van der Waals surface area contributed by atoms with Crippen LogP contribution in [0.1, 0.15) is 46.5 Å². The summed E-state index contributed by atoms with van der Waals surface area (Å²) < 4.78 is 11.6. The van der Waals surface area contributed by atoms with Crippen LogP contribution in [0.5, 0.6) is 0 Å². The largest absolute Gasteiger partial charge is 0.432 e. The van der Waals surface area contributed by atoms with Gasteiger partial charge in [0.2, 0.25) is 12.1 Å². The van der Waals surface area contributed by atoms with Gasteiger partial charge in [0.15, 0.2) is 5.60 Å². The molecule has 20 heavy (non-hydrogen) atoms. The maximum Gasteiger partial charge on any atom is 0.311 e. The Kier molecular flexibility index (Phi) is 2.58. The minimum absolute atomic E-state index is 0.123. The van der Waals surface area contributed by atoms with Gasteiger partial charge < -0.3 is 9.47 Å². The Morgan fingerprint density at radius 3 is 2.70 bits per heavy atom. The molecule has 4 heterocycles. The summed E-state index contributed by atoms with van der Waals surface area (Å²) in [5.74, 6) is -0.137. The maximum absolute atomic E-state index is 12.1. The molecule has 0 aromatic heterocycles. The first kappa shape index (κ1) is 13.0. The highest BCUT2D eigenvalue weighted by molar-refractivity contribution is 5.74. The summed E-state index contributed by atoms with van der Waals surface area (Å²) in [6.07, 6.45) is 3.24. The molecule has 5 nitrogen and oxygen atoms in total. The predicted octanol–water partition coefficient (Wildman–Crippen LogP) is 2.39. The summed E-state index contributed by atoms with van der Waals surface area (Å²) >= 11 is 0. The SMILES string of the molecule is C[C@@H]1CC[C@@H]2[C@H](C)C(=O)O[C@H]3O[C@@]4(C)CC[C@@H]1[C@]32OO4. The molecule has 4 saturated heterocycles. The van der Waals surface area contributed by atoms with E-state index >= 15 is 0 Å². The van der Waals surface area contributed by atoms with Crippen LogP contribution < -0.4 is 0 Å². The van der Waals surface area contributed by atoms with Crippen LogP contribution in [-0.2, 0) is 24.0 Å². The number of fused-ring (bicyclic) bond motifs is 2. The second kappa shape index (κ2) is 3.96. The molecule has 5 heteroatoms. The molecule has 1 aliphatic carbocycles. The average molecular weight is 282 g/mol. The molecule has 5 fully saturated rings. The van der Waals surface area contributed by atoms with E-state index in [2.05, 4.69) is 6.92 Å². The van der Waals surface area contributed by atoms with Gasteiger partial charge in [-0.2, -0.15) is 0 Å². The molecule has 0 N–H and O–H groups in total. The summed E-state index contributed by atoms with van der Waals surface area (Å²) in [4.78, 5) is 23.7. The zero-order valence-electron chi connectivity index (χ0n) is 12.3. The third kappa shape index (κ3) is 1.46. The van der Waals surface area contributed by atoms with Crippen LogP contribution in [-0.4, -0.2) is 23.6 Å². The Balaban J connectivity index is 1.84.